The fourth-order valence-corrected chi connectivity index (χ4v) is 2.19. The molecule has 0 fully saturated rings. The third-order valence-corrected chi connectivity index (χ3v) is 3.62. The summed E-state index contributed by atoms with van der Waals surface area (Å²) in [5.74, 6) is 0.445. The van der Waals surface area contributed by atoms with Gasteiger partial charge < -0.3 is 5.32 Å². The summed E-state index contributed by atoms with van der Waals surface area (Å²) in [6, 6.07) is 6.08. The molecule has 2 rings (SSSR count). The predicted octanol–water partition coefficient (Wildman–Crippen LogP) is 3.09. The van der Waals surface area contributed by atoms with E-state index < -0.39 is 4.92 Å². The van der Waals surface area contributed by atoms with Crippen molar-refractivity contribution in [3.8, 4) is 0 Å². The Morgan fingerprint density at radius 3 is 2.59 bits per heavy atom. The maximum atomic E-state index is 11.1. The molecule has 0 saturated carbocycles. The molecule has 1 N–H and O–H groups in total. The zero-order valence-corrected chi connectivity index (χ0v) is 12.8. The summed E-state index contributed by atoms with van der Waals surface area (Å²) in [6.45, 7) is 1.89. The van der Waals surface area contributed by atoms with Gasteiger partial charge in [-0.25, -0.2) is 9.97 Å². The van der Waals surface area contributed by atoms with Gasteiger partial charge in [-0.3, -0.25) is 14.9 Å². The second kappa shape index (κ2) is 6.99. The first kappa shape index (κ1) is 15.9. The van der Waals surface area contributed by atoms with E-state index in [9.17, 15) is 14.9 Å². The highest BCUT2D eigenvalue weighted by Gasteiger charge is 2.12. The van der Waals surface area contributed by atoms with Crippen LogP contribution in [-0.4, -0.2) is 27.4 Å². The fraction of sp³-hybridized carbons (Fsp3) is 0.214. The van der Waals surface area contributed by atoms with Crippen molar-refractivity contribution in [1.29, 1.82) is 0 Å². The summed E-state index contributed by atoms with van der Waals surface area (Å²) in [7, 11) is 0. The Kier molecular flexibility index (Phi) is 5.05. The summed E-state index contributed by atoms with van der Waals surface area (Å²) >= 11 is 1.38. The quantitative estimate of drug-likeness (QED) is 0.287. The molecule has 0 aliphatic carbocycles. The minimum Gasteiger partial charge on any atom is -0.363 e. The number of rotatable bonds is 6. The van der Waals surface area contributed by atoms with E-state index in [2.05, 4.69) is 15.3 Å². The Bertz CT molecular complexity index is 691. The lowest BCUT2D eigenvalue weighted by atomic mass is 10.1. The number of hydrogen-bond acceptors (Lipinski definition) is 7. The monoisotopic (exact) mass is 318 g/mol. The number of nitrogens with one attached hydrogen (secondary N) is 1. The molecular weight excluding hydrogens is 304 g/mol. The predicted molar refractivity (Wildman–Crippen MR) is 84.3 cm³/mol. The van der Waals surface area contributed by atoms with Crippen molar-refractivity contribution < 1.29 is 9.72 Å². The molecule has 0 spiro atoms. The Balaban J connectivity index is 2.22. The Hall–Kier alpha value is -2.48. The van der Waals surface area contributed by atoms with Crippen molar-refractivity contribution in [1.82, 2.24) is 9.97 Å². The van der Waals surface area contributed by atoms with Crippen molar-refractivity contribution >= 4 is 29.6 Å². The van der Waals surface area contributed by atoms with Crippen molar-refractivity contribution in [2.24, 2.45) is 0 Å². The molecule has 0 saturated heterocycles. The number of hydrogen-bond donors (Lipinski definition) is 1. The maximum absolute atomic E-state index is 11.1. The first-order chi connectivity index (χ1) is 10.5. The molecule has 0 radical (unpaired) electrons. The summed E-state index contributed by atoms with van der Waals surface area (Å²) in [5, 5.41) is 14.4. The van der Waals surface area contributed by atoms with Crippen LogP contribution in [0.2, 0.25) is 0 Å². The molecule has 1 aromatic carbocycles. The zero-order valence-electron chi connectivity index (χ0n) is 12.0. The minimum absolute atomic E-state index is 0.0382. The van der Waals surface area contributed by atoms with Crippen LogP contribution < -0.4 is 5.32 Å². The van der Waals surface area contributed by atoms with Gasteiger partial charge in [-0.05, 0) is 18.7 Å². The number of aromatic nitrogens is 2. The Morgan fingerprint density at radius 2 is 2.05 bits per heavy atom. The van der Waals surface area contributed by atoms with Gasteiger partial charge in [0.2, 0.25) is 0 Å². The first-order valence-electron chi connectivity index (χ1n) is 6.42. The molecule has 1 atom stereocenters. The van der Waals surface area contributed by atoms with E-state index >= 15 is 0 Å². The van der Waals surface area contributed by atoms with Gasteiger partial charge in [0.25, 0.3) is 5.69 Å². The third-order valence-electron chi connectivity index (χ3n) is 3.06. The van der Waals surface area contributed by atoms with Gasteiger partial charge in [0.15, 0.2) is 11.4 Å². The Labute approximate surface area is 131 Å². The van der Waals surface area contributed by atoms with Gasteiger partial charge in [0.1, 0.15) is 5.82 Å². The van der Waals surface area contributed by atoms with Crippen molar-refractivity contribution in [2.75, 3.05) is 11.6 Å². The lowest BCUT2D eigenvalue weighted by Crippen LogP contribution is -2.11. The fourth-order valence-electron chi connectivity index (χ4n) is 1.85. The number of non-ortho nitro benzene ring substituents is 1. The van der Waals surface area contributed by atoms with Gasteiger partial charge >= 0.3 is 0 Å². The maximum Gasteiger partial charge on any atom is 0.269 e. The van der Waals surface area contributed by atoms with Crippen LogP contribution in [0, 0.1) is 10.1 Å². The molecule has 1 aromatic heterocycles. The number of nitro benzene ring substituents is 1. The normalized spacial score (nSPS) is 11.7. The van der Waals surface area contributed by atoms with Crippen LogP contribution in [0.4, 0.5) is 11.5 Å². The number of carbonyl (C=O) groups is 1. The standard InChI is InChI=1S/C14H14N4O3S/c1-9(10-3-5-12(6-4-10)18(20)21)16-13-11(8-19)7-15-14(17-13)22-2/h3-9H,1-2H3,(H,15,16,17). The molecule has 0 aliphatic heterocycles. The van der Waals surface area contributed by atoms with E-state index in [-0.39, 0.29) is 11.7 Å². The molecule has 7 nitrogen and oxygen atoms in total. The van der Waals surface area contributed by atoms with Crippen molar-refractivity contribution in [3.63, 3.8) is 0 Å². The van der Waals surface area contributed by atoms with Crippen LogP contribution in [0.3, 0.4) is 0 Å². The second-order valence-electron chi connectivity index (χ2n) is 4.49. The molecule has 8 heteroatoms. The number of thioether (sulfide) groups is 1. The lowest BCUT2D eigenvalue weighted by molar-refractivity contribution is -0.384. The molecule has 114 valence electrons. The van der Waals surface area contributed by atoms with E-state index in [1.54, 1.807) is 12.1 Å². The average Bonchev–Trinajstić information content (AvgIpc) is 2.54. The first-order valence-corrected chi connectivity index (χ1v) is 7.64. The Morgan fingerprint density at radius 1 is 1.36 bits per heavy atom. The number of anilines is 1. The van der Waals surface area contributed by atoms with Crippen molar-refractivity contribution in [2.45, 2.75) is 18.1 Å². The SMILES string of the molecule is CSc1ncc(C=O)c(NC(C)c2ccc([N+](=O)[O-])cc2)n1. The van der Waals surface area contributed by atoms with E-state index in [1.165, 1.54) is 30.1 Å². The lowest BCUT2D eigenvalue weighted by Gasteiger charge is -2.16. The average molecular weight is 318 g/mol. The van der Waals surface area contributed by atoms with Gasteiger partial charge in [-0.2, -0.15) is 0 Å². The van der Waals surface area contributed by atoms with E-state index in [4.69, 9.17) is 0 Å². The summed E-state index contributed by atoms with van der Waals surface area (Å²) in [5.41, 5.74) is 1.26. The highest BCUT2D eigenvalue weighted by molar-refractivity contribution is 7.98. The number of nitrogens with zero attached hydrogens (tertiary/aromatic N) is 3. The molecule has 0 aliphatic rings. The topological polar surface area (TPSA) is 98.0 Å². The molecule has 1 heterocycles. The molecule has 1 unspecified atom stereocenters. The van der Waals surface area contributed by atoms with E-state index in [0.717, 1.165) is 5.56 Å². The van der Waals surface area contributed by atoms with Crippen LogP contribution in [0.25, 0.3) is 0 Å². The van der Waals surface area contributed by atoms with Gasteiger partial charge in [0.05, 0.1) is 10.5 Å². The van der Waals surface area contributed by atoms with Gasteiger partial charge in [0, 0.05) is 24.4 Å². The third kappa shape index (κ3) is 3.59. The number of benzene rings is 1. The van der Waals surface area contributed by atoms with Crippen LogP contribution in [0.1, 0.15) is 28.9 Å². The molecular formula is C14H14N4O3S. The van der Waals surface area contributed by atoms with E-state index in [0.29, 0.717) is 22.8 Å². The smallest absolute Gasteiger partial charge is 0.269 e. The summed E-state index contributed by atoms with van der Waals surface area (Å²) in [6.07, 6.45) is 4.01. The van der Waals surface area contributed by atoms with Crippen LogP contribution in [0.15, 0.2) is 35.6 Å². The summed E-state index contributed by atoms with van der Waals surface area (Å²) < 4.78 is 0. The molecule has 0 bridgehead atoms. The number of nitro groups is 1. The van der Waals surface area contributed by atoms with Gasteiger partial charge in [-0.1, -0.05) is 23.9 Å². The zero-order chi connectivity index (χ0) is 16.1. The van der Waals surface area contributed by atoms with Crippen LogP contribution >= 0.6 is 11.8 Å². The van der Waals surface area contributed by atoms with Gasteiger partial charge in [-0.15, -0.1) is 0 Å². The second-order valence-corrected chi connectivity index (χ2v) is 5.27. The molecule has 2 aromatic rings. The minimum atomic E-state index is -0.443. The summed E-state index contributed by atoms with van der Waals surface area (Å²) in [4.78, 5) is 29.6. The highest BCUT2D eigenvalue weighted by atomic mass is 32.2. The highest BCUT2D eigenvalue weighted by Crippen LogP contribution is 2.23. The molecule has 0 amide bonds. The van der Waals surface area contributed by atoms with Crippen molar-refractivity contribution in [3.05, 3.63) is 51.7 Å². The largest absolute Gasteiger partial charge is 0.363 e. The molecule has 22 heavy (non-hydrogen) atoms. The number of aldehydes is 1. The van der Waals surface area contributed by atoms with E-state index in [1.807, 2.05) is 13.2 Å². The van der Waals surface area contributed by atoms with Crippen LogP contribution in [0.5, 0.6) is 0 Å². The van der Waals surface area contributed by atoms with Crippen LogP contribution in [-0.2, 0) is 0 Å². The number of carbonyl (C=O) groups excluding carboxylic acids is 1.